The van der Waals surface area contributed by atoms with E-state index in [-0.39, 0.29) is 24.5 Å². The normalized spacial score (nSPS) is 11.3. The van der Waals surface area contributed by atoms with E-state index in [1.165, 1.54) is 18.2 Å². The number of rotatable bonds is 8. The molecule has 0 amide bonds. The third-order valence-corrected chi connectivity index (χ3v) is 3.87. The molecule has 3 N–H and O–H groups in total. The molecule has 0 bridgehead atoms. The van der Waals surface area contributed by atoms with Crippen molar-refractivity contribution in [3.05, 3.63) is 59.2 Å². The van der Waals surface area contributed by atoms with Crippen LogP contribution >= 0.6 is 0 Å². The summed E-state index contributed by atoms with van der Waals surface area (Å²) in [6.07, 6.45) is 0.856. The Morgan fingerprint density at radius 3 is 2.38 bits per heavy atom. The highest BCUT2D eigenvalue weighted by Gasteiger charge is 2.07. The summed E-state index contributed by atoms with van der Waals surface area (Å²) in [4.78, 5) is 4.10. The van der Waals surface area contributed by atoms with Gasteiger partial charge in [0.15, 0.2) is 17.5 Å². The highest BCUT2D eigenvalue weighted by molar-refractivity contribution is 5.77. The van der Waals surface area contributed by atoms with Crippen LogP contribution in [0.2, 0.25) is 0 Å². The summed E-state index contributed by atoms with van der Waals surface area (Å²) < 4.78 is 37.5. The highest BCUT2D eigenvalue weighted by Crippen LogP contribution is 2.27. The molecule has 2 aromatic rings. The molecule has 5 nitrogen and oxygen atoms in total. The lowest BCUT2D eigenvalue weighted by molar-refractivity contribution is 0.354. The first-order valence-corrected chi connectivity index (χ1v) is 8.22. The van der Waals surface area contributed by atoms with Gasteiger partial charge in [0.25, 0.3) is 0 Å². The fourth-order valence-corrected chi connectivity index (χ4v) is 2.49. The predicted octanol–water partition coefficient (Wildman–Crippen LogP) is 2.67. The van der Waals surface area contributed by atoms with Crippen LogP contribution in [0.5, 0.6) is 11.5 Å². The number of nitrogens with one attached hydrogen (secondary N) is 1. The molecule has 0 aliphatic rings. The number of ether oxygens (including phenoxy) is 2. The van der Waals surface area contributed by atoms with Crippen LogP contribution < -0.4 is 20.5 Å². The Bertz CT molecular complexity index is 746. The maximum atomic E-state index is 13.5. The van der Waals surface area contributed by atoms with Gasteiger partial charge in [-0.3, -0.25) is 4.99 Å². The molecule has 0 aromatic heterocycles. The fourth-order valence-electron chi connectivity index (χ4n) is 2.49. The van der Waals surface area contributed by atoms with Crippen molar-refractivity contribution in [1.82, 2.24) is 5.32 Å². The van der Waals surface area contributed by atoms with E-state index < -0.39 is 11.6 Å². The van der Waals surface area contributed by atoms with Crippen molar-refractivity contribution in [3.63, 3.8) is 0 Å². The number of guanidine groups is 1. The molecule has 0 saturated heterocycles. The molecular formula is C19H23F2N3O2. The second-order valence-corrected chi connectivity index (χ2v) is 5.58. The monoisotopic (exact) mass is 363 g/mol. The largest absolute Gasteiger partial charge is 0.493 e. The van der Waals surface area contributed by atoms with E-state index in [0.29, 0.717) is 24.5 Å². The zero-order valence-electron chi connectivity index (χ0n) is 14.9. The number of aliphatic imine (C=N–C) groups is 1. The van der Waals surface area contributed by atoms with E-state index in [4.69, 9.17) is 15.2 Å². The third-order valence-electron chi connectivity index (χ3n) is 3.87. The van der Waals surface area contributed by atoms with E-state index in [0.717, 1.165) is 5.56 Å². The number of hydrogen-bond donors (Lipinski definition) is 2. The lowest BCUT2D eigenvalue weighted by atomic mass is 10.1. The number of hydrogen-bond acceptors (Lipinski definition) is 3. The van der Waals surface area contributed by atoms with Gasteiger partial charge in [-0.15, -0.1) is 0 Å². The van der Waals surface area contributed by atoms with Gasteiger partial charge < -0.3 is 20.5 Å². The van der Waals surface area contributed by atoms with Crippen molar-refractivity contribution in [3.8, 4) is 11.5 Å². The molecule has 0 atom stereocenters. The minimum Gasteiger partial charge on any atom is -0.493 e. The van der Waals surface area contributed by atoms with Crippen LogP contribution in [-0.2, 0) is 12.8 Å². The summed E-state index contributed by atoms with van der Waals surface area (Å²) in [7, 11) is 3.17. The Kier molecular flexibility index (Phi) is 7.20. The lowest BCUT2D eigenvalue weighted by Gasteiger charge is -2.10. The van der Waals surface area contributed by atoms with E-state index >= 15 is 0 Å². The molecule has 2 rings (SSSR count). The number of nitrogens with two attached hydrogens (primary N) is 1. The highest BCUT2D eigenvalue weighted by atomic mass is 19.1. The number of benzene rings is 2. The van der Waals surface area contributed by atoms with E-state index in [1.807, 2.05) is 18.2 Å². The molecule has 26 heavy (non-hydrogen) atoms. The van der Waals surface area contributed by atoms with Crippen molar-refractivity contribution in [2.45, 2.75) is 12.8 Å². The molecule has 0 radical (unpaired) electrons. The van der Waals surface area contributed by atoms with Gasteiger partial charge in [-0.25, -0.2) is 8.78 Å². The number of halogens is 2. The summed E-state index contributed by atoms with van der Waals surface area (Å²) in [6, 6.07) is 9.47. The van der Waals surface area contributed by atoms with Gasteiger partial charge in [-0.2, -0.15) is 0 Å². The van der Waals surface area contributed by atoms with E-state index in [2.05, 4.69) is 10.3 Å². The molecular weight excluding hydrogens is 340 g/mol. The third kappa shape index (κ3) is 5.34. The molecule has 7 heteroatoms. The molecule has 0 unspecified atom stereocenters. The van der Waals surface area contributed by atoms with Crippen molar-refractivity contribution in [1.29, 1.82) is 0 Å². The SMILES string of the molecule is COc1ccc(CCNC(N)=NCCc2c(F)cccc2F)cc1OC. The predicted molar refractivity (Wildman–Crippen MR) is 97.8 cm³/mol. The molecule has 0 saturated carbocycles. The van der Waals surface area contributed by atoms with Crippen molar-refractivity contribution in [2.24, 2.45) is 10.7 Å². The van der Waals surface area contributed by atoms with Gasteiger partial charge in [0.2, 0.25) is 0 Å². The zero-order valence-corrected chi connectivity index (χ0v) is 14.9. The number of methoxy groups -OCH3 is 2. The molecule has 2 aromatic carbocycles. The van der Waals surface area contributed by atoms with Gasteiger partial charge in [0.05, 0.1) is 14.2 Å². The Labute approximate surface area is 151 Å². The van der Waals surface area contributed by atoms with Crippen molar-refractivity contribution in [2.75, 3.05) is 27.3 Å². The quantitative estimate of drug-likeness (QED) is 0.559. The summed E-state index contributed by atoms with van der Waals surface area (Å²) in [5.74, 6) is 0.437. The van der Waals surface area contributed by atoms with E-state index in [9.17, 15) is 8.78 Å². The second kappa shape index (κ2) is 9.60. The average Bonchev–Trinajstić information content (AvgIpc) is 2.64. The molecule has 140 valence electrons. The summed E-state index contributed by atoms with van der Waals surface area (Å²) in [6.45, 7) is 0.770. The molecule has 0 aliphatic carbocycles. The summed E-state index contributed by atoms with van der Waals surface area (Å²) >= 11 is 0. The summed E-state index contributed by atoms with van der Waals surface area (Å²) in [5, 5.41) is 2.98. The smallest absolute Gasteiger partial charge is 0.188 e. The second-order valence-electron chi connectivity index (χ2n) is 5.58. The molecule has 0 fully saturated rings. The average molecular weight is 363 g/mol. The number of nitrogens with zero attached hydrogens (tertiary/aromatic N) is 1. The minimum atomic E-state index is -0.569. The van der Waals surface area contributed by atoms with Crippen molar-refractivity contribution >= 4 is 5.96 Å². The summed E-state index contributed by atoms with van der Waals surface area (Å²) in [5.41, 5.74) is 6.86. The van der Waals surface area contributed by atoms with Gasteiger partial charge in [-0.05, 0) is 42.7 Å². The molecule has 0 heterocycles. The Morgan fingerprint density at radius 1 is 1.04 bits per heavy atom. The maximum Gasteiger partial charge on any atom is 0.188 e. The Morgan fingerprint density at radius 2 is 1.73 bits per heavy atom. The first-order chi connectivity index (χ1) is 12.5. The molecule has 0 aliphatic heterocycles. The lowest BCUT2D eigenvalue weighted by Crippen LogP contribution is -2.33. The van der Waals surface area contributed by atoms with Crippen LogP contribution in [0, 0.1) is 11.6 Å². The van der Waals surface area contributed by atoms with Crippen LogP contribution in [-0.4, -0.2) is 33.3 Å². The van der Waals surface area contributed by atoms with E-state index in [1.54, 1.807) is 14.2 Å². The van der Waals surface area contributed by atoms with Crippen LogP contribution in [0.15, 0.2) is 41.4 Å². The van der Waals surface area contributed by atoms with Gasteiger partial charge in [-0.1, -0.05) is 12.1 Å². The zero-order chi connectivity index (χ0) is 18.9. The fraction of sp³-hybridized carbons (Fsp3) is 0.316. The van der Waals surface area contributed by atoms with Gasteiger partial charge in [0.1, 0.15) is 11.6 Å². The first-order valence-electron chi connectivity index (χ1n) is 8.22. The van der Waals surface area contributed by atoms with Crippen LogP contribution in [0.4, 0.5) is 8.78 Å². The minimum absolute atomic E-state index is 0.0226. The van der Waals surface area contributed by atoms with Crippen LogP contribution in [0.3, 0.4) is 0 Å². The van der Waals surface area contributed by atoms with Crippen LogP contribution in [0.1, 0.15) is 11.1 Å². The van der Waals surface area contributed by atoms with Gasteiger partial charge in [0, 0.05) is 18.7 Å². The molecule has 0 spiro atoms. The Hall–Kier alpha value is -2.83. The topological polar surface area (TPSA) is 68.9 Å². The first kappa shape index (κ1) is 19.5. The van der Waals surface area contributed by atoms with Gasteiger partial charge >= 0.3 is 0 Å². The Balaban J connectivity index is 1.81. The van der Waals surface area contributed by atoms with Crippen molar-refractivity contribution < 1.29 is 18.3 Å². The van der Waals surface area contributed by atoms with Crippen LogP contribution in [0.25, 0.3) is 0 Å². The standard InChI is InChI=1S/C19H23F2N3O2/c1-25-17-7-6-13(12-18(17)26-2)8-10-23-19(22)24-11-9-14-15(20)4-3-5-16(14)21/h3-7,12H,8-11H2,1-2H3,(H3,22,23,24). The maximum absolute atomic E-state index is 13.5.